The number of benzene rings is 1. The van der Waals surface area contributed by atoms with Crippen molar-refractivity contribution >= 4 is 23.5 Å². The van der Waals surface area contributed by atoms with Gasteiger partial charge in [-0.3, -0.25) is 14.4 Å². The smallest absolute Gasteiger partial charge is 0.307 e. The number of aliphatic carboxylic acids is 1. The molecule has 0 aromatic heterocycles. The number of nitrogens with zero attached hydrogens (tertiary/aromatic N) is 1. The molecule has 0 spiro atoms. The van der Waals surface area contributed by atoms with Gasteiger partial charge in [0.05, 0.1) is 11.8 Å². The van der Waals surface area contributed by atoms with Gasteiger partial charge in [-0.05, 0) is 42.5 Å². The van der Waals surface area contributed by atoms with Gasteiger partial charge < -0.3 is 20.1 Å². The molecule has 1 saturated heterocycles. The van der Waals surface area contributed by atoms with Gasteiger partial charge in [0.1, 0.15) is 5.75 Å². The number of rotatable bonds is 6. The number of carboxylic acids is 1. The third-order valence-corrected chi connectivity index (χ3v) is 5.32. The van der Waals surface area contributed by atoms with Gasteiger partial charge in [0, 0.05) is 18.8 Å². The zero-order chi connectivity index (χ0) is 18.9. The van der Waals surface area contributed by atoms with Gasteiger partial charge in [0.15, 0.2) is 6.61 Å². The van der Waals surface area contributed by atoms with E-state index in [9.17, 15) is 14.4 Å². The first kappa shape index (κ1) is 18.2. The van der Waals surface area contributed by atoms with Crippen molar-refractivity contribution in [3.8, 4) is 5.75 Å². The first-order valence-electron chi connectivity index (χ1n) is 8.85. The van der Waals surface area contributed by atoms with Crippen LogP contribution in [0.1, 0.15) is 26.7 Å². The molecular weight excluding hydrogens is 336 g/mol. The maximum atomic E-state index is 12.3. The van der Waals surface area contributed by atoms with Crippen LogP contribution in [-0.4, -0.2) is 47.5 Å². The normalized spacial score (nSPS) is 23.4. The van der Waals surface area contributed by atoms with Gasteiger partial charge in [0.2, 0.25) is 5.91 Å². The van der Waals surface area contributed by atoms with E-state index in [1.807, 2.05) is 0 Å². The van der Waals surface area contributed by atoms with Crippen molar-refractivity contribution in [2.75, 3.05) is 25.0 Å². The summed E-state index contributed by atoms with van der Waals surface area (Å²) in [6.45, 7) is 5.15. The highest BCUT2D eigenvalue weighted by Gasteiger charge is 2.65. The number of anilines is 1. The summed E-state index contributed by atoms with van der Waals surface area (Å²) in [7, 11) is 0. The van der Waals surface area contributed by atoms with Crippen molar-refractivity contribution in [2.24, 2.45) is 17.3 Å². The standard InChI is InChI=1S/C19H24N2O5/c1-19(2)15(16(19)18(24)25)17(23)20-12-5-7-13(8-6-12)26-11-14(22)21-9-3-4-10-21/h5-8,15-16H,3-4,9-11H2,1-2H3,(H,20,23)(H,24,25). The van der Waals surface area contributed by atoms with Gasteiger partial charge in [-0.2, -0.15) is 0 Å². The molecule has 2 unspecified atom stereocenters. The quantitative estimate of drug-likeness (QED) is 0.809. The molecule has 7 nitrogen and oxygen atoms in total. The predicted molar refractivity (Wildman–Crippen MR) is 94.8 cm³/mol. The molecule has 1 aliphatic heterocycles. The molecule has 2 amide bonds. The molecule has 3 rings (SSSR count). The fourth-order valence-corrected chi connectivity index (χ4v) is 3.65. The van der Waals surface area contributed by atoms with Crippen molar-refractivity contribution in [1.82, 2.24) is 4.90 Å². The highest BCUT2D eigenvalue weighted by Crippen LogP contribution is 2.58. The minimum Gasteiger partial charge on any atom is -0.484 e. The lowest BCUT2D eigenvalue weighted by Gasteiger charge is -2.15. The van der Waals surface area contributed by atoms with E-state index in [4.69, 9.17) is 9.84 Å². The van der Waals surface area contributed by atoms with Gasteiger partial charge in [-0.15, -0.1) is 0 Å². The Bertz CT molecular complexity index is 707. The van der Waals surface area contributed by atoms with Gasteiger partial charge >= 0.3 is 5.97 Å². The topological polar surface area (TPSA) is 95.9 Å². The summed E-state index contributed by atoms with van der Waals surface area (Å²) < 4.78 is 5.50. The van der Waals surface area contributed by atoms with Crippen LogP contribution >= 0.6 is 0 Å². The molecular formula is C19H24N2O5. The molecule has 1 aromatic rings. The van der Waals surface area contributed by atoms with Crippen LogP contribution < -0.4 is 10.1 Å². The summed E-state index contributed by atoms with van der Waals surface area (Å²) in [4.78, 5) is 37.2. The molecule has 7 heteroatoms. The number of carbonyl (C=O) groups is 3. The van der Waals surface area contributed by atoms with Gasteiger partial charge in [0.25, 0.3) is 5.91 Å². The highest BCUT2D eigenvalue weighted by atomic mass is 16.5. The Morgan fingerprint density at radius 1 is 1.15 bits per heavy atom. The van der Waals surface area contributed by atoms with Crippen LogP contribution in [0.2, 0.25) is 0 Å². The molecule has 0 bridgehead atoms. The summed E-state index contributed by atoms with van der Waals surface area (Å²) in [5.74, 6) is -1.89. The van der Waals surface area contributed by atoms with Crippen LogP contribution in [0.5, 0.6) is 5.75 Å². The number of nitrogens with one attached hydrogen (secondary N) is 1. The van der Waals surface area contributed by atoms with E-state index in [2.05, 4.69) is 5.32 Å². The molecule has 2 fully saturated rings. The molecule has 0 radical (unpaired) electrons. The minimum atomic E-state index is -0.943. The number of carboxylic acid groups (broad SMARTS) is 1. The average Bonchev–Trinajstić information content (AvgIpc) is 2.96. The Balaban J connectivity index is 1.51. The number of ether oxygens (including phenoxy) is 1. The highest BCUT2D eigenvalue weighted by molar-refractivity contribution is 5.99. The Hall–Kier alpha value is -2.57. The summed E-state index contributed by atoms with van der Waals surface area (Å²) in [5.41, 5.74) is 0.0367. The summed E-state index contributed by atoms with van der Waals surface area (Å²) in [6, 6.07) is 6.72. The van der Waals surface area contributed by atoms with Gasteiger partial charge in [-0.25, -0.2) is 0 Å². The number of carbonyl (C=O) groups excluding carboxylic acids is 2. The predicted octanol–water partition coefficient (Wildman–Crippen LogP) is 1.98. The molecule has 1 saturated carbocycles. The van der Waals surface area contributed by atoms with E-state index in [1.54, 1.807) is 43.0 Å². The van der Waals surface area contributed by atoms with E-state index in [0.29, 0.717) is 11.4 Å². The van der Waals surface area contributed by atoms with Crippen LogP contribution in [0.4, 0.5) is 5.69 Å². The van der Waals surface area contributed by atoms with Crippen LogP contribution in [0, 0.1) is 17.3 Å². The van der Waals surface area contributed by atoms with Crippen molar-refractivity contribution in [3.05, 3.63) is 24.3 Å². The fourth-order valence-electron chi connectivity index (χ4n) is 3.65. The minimum absolute atomic E-state index is 0.00224. The maximum absolute atomic E-state index is 12.3. The number of likely N-dealkylation sites (tertiary alicyclic amines) is 1. The zero-order valence-electron chi connectivity index (χ0n) is 15.0. The lowest BCUT2D eigenvalue weighted by molar-refractivity contribution is -0.140. The molecule has 26 heavy (non-hydrogen) atoms. The third-order valence-electron chi connectivity index (χ3n) is 5.32. The SMILES string of the molecule is CC1(C)C(C(=O)O)C1C(=O)Nc1ccc(OCC(=O)N2CCCC2)cc1. The number of hydrogen-bond donors (Lipinski definition) is 2. The monoisotopic (exact) mass is 360 g/mol. The molecule has 2 atom stereocenters. The van der Waals surface area contributed by atoms with E-state index in [1.165, 1.54) is 0 Å². The second-order valence-electron chi connectivity index (χ2n) is 7.51. The fraction of sp³-hybridized carbons (Fsp3) is 0.526. The maximum Gasteiger partial charge on any atom is 0.307 e. The molecule has 2 aliphatic rings. The Morgan fingerprint density at radius 3 is 2.31 bits per heavy atom. The second-order valence-corrected chi connectivity index (χ2v) is 7.51. The van der Waals surface area contributed by atoms with Gasteiger partial charge in [-0.1, -0.05) is 13.8 Å². The van der Waals surface area contributed by atoms with Crippen LogP contribution in [0.25, 0.3) is 0 Å². The Kier molecular flexibility index (Phi) is 4.89. The Morgan fingerprint density at radius 2 is 1.77 bits per heavy atom. The largest absolute Gasteiger partial charge is 0.484 e. The molecule has 2 N–H and O–H groups in total. The van der Waals surface area contributed by atoms with Crippen molar-refractivity contribution < 1.29 is 24.2 Å². The summed E-state index contributed by atoms with van der Waals surface area (Å²) in [6.07, 6.45) is 2.08. The third kappa shape index (κ3) is 3.66. The lowest BCUT2D eigenvalue weighted by Crippen LogP contribution is -2.32. The number of amides is 2. The van der Waals surface area contributed by atoms with E-state index >= 15 is 0 Å². The first-order valence-corrected chi connectivity index (χ1v) is 8.85. The average molecular weight is 360 g/mol. The van der Waals surface area contributed by atoms with Crippen molar-refractivity contribution in [1.29, 1.82) is 0 Å². The van der Waals surface area contributed by atoms with Crippen LogP contribution in [0.15, 0.2) is 24.3 Å². The molecule has 1 aliphatic carbocycles. The summed E-state index contributed by atoms with van der Waals surface area (Å²) >= 11 is 0. The second kappa shape index (κ2) is 6.97. The molecule has 1 aromatic carbocycles. The summed E-state index contributed by atoms with van der Waals surface area (Å²) in [5, 5.41) is 11.9. The van der Waals surface area contributed by atoms with E-state index < -0.39 is 23.2 Å². The zero-order valence-corrected chi connectivity index (χ0v) is 15.0. The lowest BCUT2D eigenvalue weighted by atomic mass is 10.1. The van der Waals surface area contributed by atoms with Crippen molar-refractivity contribution in [2.45, 2.75) is 26.7 Å². The van der Waals surface area contributed by atoms with E-state index in [-0.39, 0.29) is 18.4 Å². The van der Waals surface area contributed by atoms with Crippen LogP contribution in [0.3, 0.4) is 0 Å². The van der Waals surface area contributed by atoms with Crippen LogP contribution in [-0.2, 0) is 14.4 Å². The number of hydrogen-bond acceptors (Lipinski definition) is 4. The van der Waals surface area contributed by atoms with E-state index in [0.717, 1.165) is 25.9 Å². The Labute approximate surface area is 152 Å². The first-order chi connectivity index (χ1) is 12.3. The van der Waals surface area contributed by atoms with Crippen molar-refractivity contribution in [3.63, 3.8) is 0 Å². The molecule has 1 heterocycles. The molecule has 140 valence electrons.